The van der Waals surface area contributed by atoms with Crippen LogP contribution in [-0.4, -0.2) is 19.2 Å². The van der Waals surface area contributed by atoms with Gasteiger partial charge in [-0.1, -0.05) is 18.2 Å². The number of nitrogens with one attached hydrogen (secondary N) is 1. The number of nitrogens with zero attached hydrogens (tertiary/aromatic N) is 1. The monoisotopic (exact) mass is 363 g/mol. The first-order chi connectivity index (χ1) is 11.7. The number of sulfonamides is 1. The number of carbonyl (C=O) groups excluding carboxylic acids is 1. The normalized spacial score (nSPS) is 11.1. The maximum atomic E-state index is 12.0. The average Bonchev–Trinajstić information content (AvgIpc) is 2.54. The van der Waals surface area contributed by atoms with E-state index in [4.69, 9.17) is 5.14 Å². The third-order valence-corrected chi connectivity index (χ3v) is 4.60. The molecule has 8 nitrogen and oxygen atoms in total. The molecule has 2 aromatic carbocycles. The van der Waals surface area contributed by atoms with E-state index in [1.165, 1.54) is 24.3 Å². The van der Waals surface area contributed by atoms with Crippen LogP contribution in [0.1, 0.15) is 17.5 Å². The molecule has 0 saturated carbocycles. The molecule has 0 fully saturated rings. The number of nitro groups is 1. The van der Waals surface area contributed by atoms with Gasteiger partial charge in [-0.05, 0) is 37.1 Å². The smallest absolute Gasteiger partial charge is 0.274 e. The quantitative estimate of drug-likeness (QED) is 0.599. The molecular formula is C16H17N3O5S. The highest BCUT2D eigenvalue weighted by Crippen LogP contribution is 2.25. The van der Waals surface area contributed by atoms with Gasteiger partial charge < -0.3 is 5.32 Å². The van der Waals surface area contributed by atoms with Gasteiger partial charge in [0.15, 0.2) is 0 Å². The van der Waals surface area contributed by atoms with Gasteiger partial charge in [-0.2, -0.15) is 0 Å². The van der Waals surface area contributed by atoms with Crippen LogP contribution in [0.5, 0.6) is 0 Å². The highest BCUT2D eigenvalue weighted by Gasteiger charge is 2.15. The molecule has 0 heterocycles. The average molecular weight is 363 g/mol. The Morgan fingerprint density at radius 2 is 1.84 bits per heavy atom. The van der Waals surface area contributed by atoms with Crippen molar-refractivity contribution in [3.8, 4) is 0 Å². The standard InChI is InChI=1S/C16H17N3O5S/c1-11-14(3-2-4-15(11)19(21)22)18-16(20)10-7-12-5-8-13(9-6-12)25(17,23)24/h2-6,8-9H,7,10H2,1H3,(H,18,20)(H2,17,23,24). The minimum atomic E-state index is -3.74. The Hall–Kier alpha value is -2.78. The molecular weight excluding hydrogens is 346 g/mol. The Morgan fingerprint density at radius 1 is 1.20 bits per heavy atom. The molecule has 0 aromatic heterocycles. The summed E-state index contributed by atoms with van der Waals surface area (Å²) in [7, 11) is -3.74. The van der Waals surface area contributed by atoms with Crippen molar-refractivity contribution in [1.29, 1.82) is 0 Å². The number of carbonyl (C=O) groups is 1. The lowest BCUT2D eigenvalue weighted by atomic mass is 10.1. The summed E-state index contributed by atoms with van der Waals surface area (Å²) >= 11 is 0. The van der Waals surface area contributed by atoms with E-state index >= 15 is 0 Å². The maximum Gasteiger partial charge on any atom is 0.274 e. The van der Waals surface area contributed by atoms with E-state index in [1.54, 1.807) is 25.1 Å². The minimum absolute atomic E-state index is 0.00733. The Balaban J connectivity index is 2.00. The zero-order valence-corrected chi connectivity index (χ0v) is 14.2. The molecule has 0 aliphatic heterocycles. The molecule has 1 amide bonds. The van der Waals surface area contributed by atoms with Gasteiger partial charge in [-0.15, -0.1) is 0 Å². The first-order valence-corrected chi connectivity index (χ1v) is 8.88. The number of rotatable bonds is 6. The van der Waals surface area contributed by atoms with Crippen LogP contribution in [0.15, 0.2) is 47.4 Å². The Morgan fingerprint density at radius 3 is 2.40 bits per heavy atom. The van der Waals surface area contributed by atoms with E-state index in [2.05, 4.69) is 5.32 Å². The van der Waals surface area contributed by atoms with E-state index in [-0.39, 0.29) is 22.9 Å². The number of hydrogen-bond donors (Lipinski definition) is 2. The Labute approximate surface area is 144 Å². The molecule has 0 saturated heterocycles. The van der Waals surface area contributed by atoms with Gasteiger partial charge in [0.2, 0.25) is 15.9 Å². The van der Waals surface area contributed by atoms with Crippen molar-refractivity contribution in [3.05, 3.63) is 63.7 Å². The lowest BCUT2D eigenvalue weighted by Crippen LogP contribution is -2.14. The molecule has 9 heteroatoms. The van der Waals surface area contributed by atoms with Crippen LogP contribution in [0.3, 0.4) is 0 Å². The van der Waals surface area contributed by atoms with Gasteiger partial charge in [-0.25, -0.2) is 13.6 Å². The molecule has 3 N–H and O–H groups in total. The molecule has 0 aliphatic rings. The zero-order valence-electron chi connectivity index (χ0n) is 13.4. The second-order valence-corrected chi connectivity index (χ2v) is 7.01. The number of anilines is 1. The van der Waals surface area contributed by atoms with Gasteiger partial charge in [0, 0.05) is 12.5 Å². The van der Waals surface area contributed by atoms with Crippen LogP contribution >= 0.6 is 0 Å². The largest absolute Gasteiger partial charge is 0.326 e. The van der Waals surface area contributed by atoms with E-state index in [0.717, 1.165) is 5.56 Å². The van der Waals surface area contributed by atoms with Gasteiger partial charge >= 0.3 is 0 Å². The number of aryl methyl sites for hydroxylation is 1. The van der Waals surface area contributed by atoms with Crippen molar-refractivity contribution >= 4 is 27.3 Å². The van der Waals surface area contributed by atoms with Crippen LogP contribution in [0.2, 0.25) is 0 Å². The summed E-state index contributed by atoms with van der Waals surface area (Å²) in [5.41, 5.74) is 1.50. The van der Waals surface area contributed by atoms with Crippen molar-refractivity contribution in [2.75, 3.05) is 5.32 Å². The lowest BCUT2D eigenvalue weighted by Gasteiger charge is -2.09. The van der Waals surface area contributed by atoms with Crippen LogP contribution in [-0.2, 0) is 21.2 Å². The number of primary sulfonamides is 1. The third kappa shape index (κ3) is 4.85. The van der Waals surface area contributed by atoms with E-state index < -0.39 is 14.9 Å². The van der Waals surface area contributed by atoms with Gasteiger partial charge in [0.1, 0.15) is 0 Å². The topological polar surface area (TPSA) is 132 Å². The summed E-state index contributed by atoms with van der Waals surface area (Å²) in [4.78, 5) is 22.5. The second-order valence-electron chi connectivity index (χ2n) is 5.44. The minimum Gasteiger partial charge on any atom is -0.326 e. The SMILES string of the molecule is Cc1c(NC(=O)CCc2ccc(S(N)(=O)=O)cc2)cccc1[N+](=O)[O-]. The van der Waals surface area contributed by atoms with E-state index in [0.29, 0.717) is 17.7 Å². The fraction of sp³-hybridized carbons (Fsp3) is 0.188. The number of nitro benzene ring substituents is 1. The zero-order chi connectivity index (χ0) is 18.6. The van der Waals surface area contributed by atoms with Gasteiger partial charge in [-0.3, -0.25) is 14.9 Å². The molecule has 25 heavy (non-hydrogen) atoms. The van der Waals surface area contributed by atoms with Crippen molar-refractivity contribution < 1.29 is 18.1 Å². The molecule has 0 radical (unpaired) electrons. The Bertz CT molecular complexity index is 908. The van der Waals surface area contributed by atoms with E-state index in [9.17, 15) is 23.3 Å². The van der Waals surface area contributed by atoms with Crippen LogP contribution in [0.25, 0.3) is 0 Å². The fourth-order valence-electron chi connectivity index (χ4n) is 2.27. The summed E-state index contributed by atoms with van der Waals surface area (Å²) in [6.45, 7) is 1.57. The molecule has 0 unspecified atom stereocenters. The molecule has 2 rings (SSSR count). The van der Waals surface area contributed by atoms with Crippen molar-refractivity contribution in [3.63, 3.8) is 0 Å². The summed E-state index contributed by atoms with van der Waals surface area (Å²) in [5, 5.41) is 18.6. The molecule has 2 aromatic rings. The Kier molecular flexibility index (Phi) is 5.50. The highest BCUT2D eigenvalue weighted by atomic mass is 32.2. The summed E-state index contributed by atoms with van der Waals surface area (Å²) in [6, 6.07) is 10.4. The van der Waals surface area contributed by atoms with Crippen molar-refractivity contribution in [1.82, 2.24) is 0 Å². The predicted molar refractivity (Wildman–Crippen MR) is 92.6 cm³/mol. The number of nitrogens with two attached hydrogens (primary N) is 1. The molecule has 0 atom stereocenters. The second kappa shape index (κ2) is 7.41. The summed E-state index contributed by atoms with van der Waals surface area (Å²) in [5.74, 6) is -0.292. The van der Waals surface area contributed by atoms with Crippen LogP contribution < -0.4 is 10.5 Å². The third-order valence-electron chi connectivity index (χ3n) is 3.67. The number of benzene rings is 2. The van der Waals surface area contributed by atoms with Gasteiger partial charge in [0.25, 0.3) is 5.69 Å². The number of hydrogen-bond acceptors (Lipinski definition) is 5. The van der Waals surface area contributed by atoms with E-state index in [1.807, 2.05) is 0 Å². The molecule has 0 aliphatic carbocycles. The number of amides is 1. The van der Waals surface area contributed by atoms with Crippen molar-refractivity contribution in [2.45, 2.75) is 24.7 Å². The van der Waals surface area contributed by atoms with Crippen LogP contribution in [0, 0.1) is 17.0 Å². The van der Waals surface area contributed by atoms with Crippen LogP contribution in [0.4, 0.5) is 11.4 Å². The summed E-state index contributed by atoms with van der Waals surface area (Å²) in [6.07, 6.45) is 0.543. The highest BCUT2D eigenvalue weighted by molar-refractivity contribution is 7.89. The molecule has 0 spiro atoms. The first kappa shape index (κ1) is 18.6. The fourth-order valence-corrected chi connectivity index (χ4v) is 2.79. The predicted octanol–water partition coefficient (Wildman–Crippen LogP) is 2.12. The molecule has 0 bridgehead atoms. The van der Waals surface area contributed by atoms with Gasteiger partial charge in [0.05, 0.1) is 21.1 Å². The van der Waals surface area contributed by atoms with Crippen molar-refractivity contribution in [2.24, 2.45) is 5.14 Å². The lowest BCUT2D eigenvalue weighted by molar-refractivity contribution is -0.385. The molecule has 132 valence electrons. The maximum absolute atomic E-state index is 12.0. The summed E-state index contributed by atoms with van der Waals surface area (Å²) < 4.78 is 22.4. The first-order valence-electron chi connectivity index (χ1n) is 7.34.